The lowest BCUT2D eigenvalue weighted by molar-refractivity contribution is -0.154. The normalized spacial score (nSPS) is 15.8. The first-order valence-corrected chi connectivity index (χ1v) is 9.31. The molecule has 1 fully saturated rings. The molecule has 1 aliphatic heterocycles. The van der Waals surface area contributed by atoms with Crippen LogP contribution in [0.3, 0.4) is 0 Å². The number of hydrogen-bond donors (Lipinski definition) is 0. The Labute approximate surface area is 169 Å². The van der Waals surface area contributed by atoms with Gasteiger partial charge in [0.2, 0.25) is 0 Å². The molecule has 0 spiro atoms. The van der Waals surface area contributed by atoms with E-state index < -0.39 is 30.0 Å². The zero-order valence-electron chi connectivity index (χ0n) is 16.7. The summed E-state index contributed by atoms with van der Waals surface area (Å²) in [6.07, 6.45) is 3.04. The number of esters is 4. The second-order valence-corrected chi connectivity index (χ2v) is 5.77. The average Bonchev–Trinajstić information content (AvgIpc) is 2.70. The maximum atomic E-state index is 12.0. The second kappa shape index (κ2) is 14.3. The minimum absolute atomic E-state index is 0.188. The van der Waals surface area contributed by atoms with Crippen LogP contribution in [-0.2, 0) is 42.9 Å². The number of ether oxygens (including phenoxy) is 5. The monoisotopic (exact) mass is 413 g/mol. The summed E-state index contributed by atoms with van der Waals surface area (Å²) in [4.78, 5) is 48.2. The maximum Gasteiger partial charge on any atom is 0.331 e. The molecule has 0 bridgehead atoms. The molecule has 0 aliphatic carbocycles. The van der Waals surface area contributed by atoms with Crippen LogP contribution in [0.2, 0.25) is 0 Å². The van der Waals surface area contributed by atoms with E-state index in [1.165, 1.54) is 0 Å². The molecule has 1 atom stereocenters. The van der Waals surface area contributed by atoms with Crippen LogP contribution in [0.25, 0.3) is 0 Å². The van der Waals surface area contributed by atoms with Gasteiger partial charge in [-0.15, -0.1) is 0 Å². The molecule has 0 saturated carbocycles. The summed E-state index contributed by atoms with van der Waals surface area (Å²) in [6.45, 7) is 6.14. The third-order valence-corrected chi connectivity index (χ3v) is 3.54. The summed E-state index contributed by atoms with van der Waals surface area (Å²) >= 11 is 0. The van der Waals surface area contributed by atoms with Gasteiger partial charge in [0, 0.05) is 43.9 Å². The second-order valence-electron chi connectivity index (χ2n) is 5.77. The van der Waals surface area contributed by atoms with Crippen LogP contribution in [0.1, 0.15) is 13.8 Å². The van der Waals surface area contributed by atoms with E-state index in [1.807, 2.05) is 4.90 Å². The van der Waals surface area contributed by atoms with E-state index in [-0.39, 0.29) is 19.8 Å². The highest BCUT2D eigenvalue weighted by Gasteiger charge is 2.21. The van der Waals surface area contributed by atoms with Crippen molar-refractivity contribution in [3.05, 3.63) is 24.3 Å². The molecular formula is C19H27NO9. The van der Waals surface area contributed by atoms with E-state index >= 15 is 0 Å². The summed E-state index contributed by atoms with van der Waals surface area (Å²) in [5, 5.41) is 0. The smallest absolute Gasteiger partial charge is 0.331 e. The van der Waals surface area contributed by atoms with Gasteiger partial charge >= 0.3 is 23.9 Å². The van der Waals surface area contributed by atoms with Crippen molar-refractivity contribution in [2.45, 2.75) is 20.0 Å². The third-order valence-electron chi connectivity index (χ3n) is 3.54. The van der Waals surface area contributed by atoms with Crippen LogP contribution < -0.4 is 0 Å². The highest BCUT2D eigenvalue weighted by atomic mass is 16.6. The molecule has 1 aliphatic rings. The largest absolute Gasteiger partial charge is 0.463 e. The fourth-order valence-corrected chi connectivity index (χ4v) is 2.28. The van der Waals surface area contributed by atoms with Crippen molar-refractivity contribution in [3.63, 3.8) is 0 Å². The first kappa shape index (κ1) is 24.3. The third kappa shape index (κ3) is 11.7. The Balaban J connectivity index is 2.60. The molecular weight excluding hydrogens is 386 g/mol. The Kier molecular flexibility index (Phi) is 12.0. The first-order chi connectivity index (χ1) is 13.9. The van der Waals surface area contributed by atoms with Crippen molar-refractivity contribution in [2.75, 3.05) is 52.7 Å². The number of carbonyl (C=O) groups is 4. The lowest BCUT2D eigenvalue weighted by atomic mass is 10.3. The number of rotatable bonds is 11. The maximum absolute atomic E-state index is 12.0. The SMILES string of the molecule is CCOC(=O)/C=C/C(=O)OCC(CN1CCOCC1)OC(=O)/C=C/C(=O)OCC. The summed E-state index contributed by atoms with van der Waals surface area (Å²) in [7, 11) is 0. The van der Waals surface area contributed by atoms with E-state index in [4.69, 9.17) is 18.9 Å². The zero-order valence-corrected chi connectivity index (χ0v) is 16.7. The summed E-state index contributed by atoms with van der Waals surface area (Å²) in [5.41, 5.74) is 0. The Morgan fingerprint density at radius 3 is 1.83 bits per heavy atom. The number of hydrogen-bond acceptors (Lipinski definition) is 10. The highest BCUT2D eigenvalue weighted by Crippen LogP contribution is 2.04. The molecule has 162 valence electrons. The van der Waals surface area contributed by atoms with Crippen molar-refractivity contribution in [2.24, 2.45) is 0 Å². The highest BCUT2D eigenvalue weighted by molar-refractivity contribution is 5.92. The first-order valence-electron chi connectivity index (χ1n) is 9.31. The van der Waals surface area contributed by atoms with E-state index in [1.54, 1.807) is 13.8 Å². The molecule has 0 aromatic heterocycles. The molecule has 0 N–H and O–H groups in total. The van der Waals surface area contributed by atoms with Crippen LogP contribution in [0.15, 0.2) is 24.3 Å². The predicted octanol–water partition coefficient (Wildman–Crippen LogP) is 0.0122. The van der Waals surface area contributed by atoms with Gasteiger partial charge < -0.3 is 23.7 Å². The molecule has 10 heteroatoms. The fraction of sp³-hybridized carbons (Fsp3) is 0.579. The summed E-state index contributed by atoms with van der Waals surface area (Å²) in [6, 6.07) is 0. The van der Waals surface area contributed by atoms with Gasteiger partial charge in [-0.3, -0.25) is 4.90 Å². The van der Waals surface area contributed by atoms with E-state index in [0.717, 1.165) is 24.3 Å². The van der Waals surface area contributed by atoms with Crippen molar-refractivity contribution in [1.82, 2.24) is 4.90 Å². The van der Waals surface area contributed by atoms with Crippen molar-refractivity contribution < 1.29 is 42.9 Å². The summed E-state index contributed by atoms with van der Waals surface area (Å²) < 4.78 is 25.0. The van der Waals surface area contributed by atoms with Crippen molar-refractivity contribution in [3.8, 4) is 0 Å². The minimum atomic E-state index is -0.775. The van der Waals surface area contributed by atoms with Gasteiger partial charge in [-0.25, -0.2) is 19.2 Å². The Hall–Kier alpha value is -2.72. The van der Waals surface area contributed by atoms with Crippen molar-refractivity contribution >= 4 is 23.9 Å². The van der Waals surface area contributed by atoms with Crippen LogP contribution in [0.5, 0.6) is 0 Å². The number of morpholine rings is 1. The van der Waals surface area contributed by atoms with Gasteiger partial charge in [0.25, 0.3) is 0 Å². The molecule has 10 nitrogen and oxygen atoms in total. The Bertz CT molecular complexity index is 609. The van der Waals surface area contributed by atoms with Crippen LogP contribution >= 0.6 is 0 Å². The van der Waals surface area contributed by atoms with Crippen LogP contribution in [-0.4, -0.2) is 87.5 Å². The molecule has 1 unspecified atom stereocenters. The summed E-state index contributed by atoms with van der Waals surface area (Å²) in [5.74, 6) is -2.87. The molecule has 1 rings (SSSR count). The van der Waals surface area contributed by atoms with Gasteiger partial charge in [-0.1, -0.05) is 0 Å². The molecule has 1 saturated heterocycles. The molecule has 29 heavy (non-hydrogen) atoms. The molecule has 1 heterocycles. The average molecular weight is 413 g/mol. The number of nitrogens with zero attached hydrogens (tertiary/aromatic N) is 1. The van der Waals surface area contributed by atoms with E-state index in [9.17, 15) is 19.2 Å². The quantitative estimate of drug-likeness (QED) is 0.260. The van der Waals surface area contributed by atoms with Gasteiger partial charge in [0.15, 0.2) is 0 Å². The molecule has 0 aromatic rings. The zero-order chi connectivity index (χ0) is 21.5. The molecule has 0 amide bonds. The van der Waals surface area contributed by atoms with Crippen LogP contribution in [0.4, 0.5) is 0 Å². The predicted molar refractivity (Wildman–Crippen MR) is 99.6 cm³/mol. The number of carbonyl (C=O) groups excluding carboxylic acids is 4. The molecule has 0 aromatic carbocycles. The lowest BCUT2D eigenvalue weighted by Crippen LogP contribution is -2.43. The molecule has 0 radical (unpaired) electrons. The van der Waals surface area contributed by atoms with E-state index in [0.29, 0.717) is 32.8 Å². The van der Waals surface area contributed by atoms with Gasteiger partial charge in [-0.05, 0) is 13.8 Å². The van der Waals surface area contributed by atoms with Crippen molar-refractivity contribution in [1.29, 1.82) is 0 Å². The van der Waals surface area contributed by atoms with Gasteiger partial charge in [0.05, 0.1) is 26.4 Å². The fourth-order valence-electron chi connectivity index (χ4n) is 2.28. The van der Waals surface area contributed by atoms with Crippen LogP contribution in [0, 0.1) is 0 Å². The lowest BCUT2D eigenvalue weighted by Gasteiger charge is -2.29. The topological polar surface area (TPSA) is 118 Å². The Morgan fingerprint density at radius 1 is 0.828 bits per heavy atom. The van der Waals surface area contributed by atoms with Gasteiger partial charge in [0.1, 0.15) is 12.7 Å². The van der Waals surface area contributed by atoms with E-state index in [2.05, 4.69) is 4.74 Å². The minimum Gasteiger partial charge on any atom is -0.463 e. The standard InChI is InChI=1S/C19H27NO9/c1-3-26-16(21)5-6-18(23)28-14-15(13-20-9-11-25-12-10-20)29-19(24)8-7-17(22)27-4-2/h5-8,15H,3-4,9-14H2,1-2H3/b6-5+,8-7+. The Morgan fingerprint density at radius 2 is 1.31 bits per heavy atom. The van der Waals surface area contributed by atoms with Gasteiger partial charge in [-0.2, -0.15) is 0 Å².